The Balaban J connectivity index is 2.03. The fourth-order valence-electron chi connectivity index (χ4n) is 3.30. The average molecular weight is 283 g/mol. The molecule has 20 heavy (non-hydrogen) atoms. The third kappa shape index (κ3) is 3.51. The highest BCUT2D eigenvalue weighted by atomic mass is 16.5. The van der Waals surface area contributed by atoms with Crippen molar-refractivity contribution >= 4 is 11.9 Å². The maximum Gasteiger partial charge on any atom is 0.329 e. The third-order valence-electron chi connectivity index (χ3n) is 4.58. The number of nitrogens with one attached hydrogen (secondary N) is 1. The van der Waals surface area contributed by atoms with Crippen LogP contribution in [0, 0.1) is 5.92 Å². The predicted octanol–water partition coefficient (Wildman–Crippen LogP) is 2.10. The molecule has 1 heterocycles. The molecule has 1 amide bonds. The molecule has 2 atom stereocenters. The molecular weight excluding hydrogens is 258 g/mol. The Morgan fingerprint density at radius 1 is 1.20 bits per heavy atom. The zero-order valence-corrected chi connectivity index (χ0v) is 12.2. The van der Waals surface area contributed by atoms with Gasteiger partial charge in [0.05, 0.1) is 6.10 Å². The maximum absolute atomic E-state index is 12.4. The molecule has 1 aliphatic heterocycles. The minimum Gasteiger partial charge on any atom is -0.480 e. The minimum absolute atomic E-state index is 0.0782. The van der Waals surface area contributed by atoms with Crippen molar-refractivity contribution in [2.24, 2.45) is 5.92 Å². The zero-order chi connectivity index (χ0) is 14.6. The fourth-order valence-corrected chi connectivity index (χ4v) is 3.30. The van der Waals surface area contributed by atoms with Crippen LogP contribution in [0.15, 0.2) is 0 Å². The van der Waals surface area contributed by atoms with E-state index in [1.807, 2.05) is 6.92 Å². The molecule has 114 valence electrons. The van der Waals surface area contributed by atoms with Crippen molar-refractivity contribution in [3.63, 3.8) is 0 Å². The molecule has 0 bridgehead atoms. The van der Waals surface area contributed by atoms with E-state index in [9.17, 15) is 14.7 Å². The van der Waals surface area contributed by atoms with Gasteiger partial charge in [-0.25, -0.2) is 4.79 Å². The Bertz CT molecular complexity index is 361. The van der Waals surface area contributed by atoms with Gasteiger partial charge in [-0.2, -0.15) is 0 Å². The largest absolute Gasteiger partial charge is 0.480 e. The van der Waals surface area contributed by atoms with Gasteiger partial charge >= 0.3 is 5.97 Å². The van der Waals surface area contributed by atoms with Crippen LogP contribution in [0.2, 0.25) is 0 Å². The quantitative estimate of drug-likeness (QED) is 0.778. The molecule has 0 aromatic rings. The first-order chi connectivity index (χ1) is 9.53. The predicted molar refractivity (Wildman–Crippen MR) is 74.3 cm³/mol. The van der Waals surface area contributed by atoms with Gasteiger partial charge in [0.2, 0.25) is 5.91 Å². The molecule has 1 aliphatic carbocycles. The van der Waals surface area contributed by atoms with Crippen molar-refractivity contribution < 1.29 is 19.4 Å². The lowest BCUT2D eigenvalue weighted by Crippen LogP contribution is -2.56. The Morgan fingerprint density at radius 2 is 1.85 bits per heavy atom. The highest BCUT2D eigenvalue weighted by molar-refractivity contribution is 5.88. The summed E-state index contributed by atoms with van der Waals surface area (Å²) in [4.78, 5) is 24.1. The monoisotopic (exact) mass is 283 g/mol. The van der Waals surface area contributed by atoms with E-state index in [0.29, 0.717) is 32.3 Å². The molecular formula is C15H25NO4. The van der Waals surface area contributed by atoms with E-state index in [0.717, 1.165) is 25.7 Å². The van der Waals surface area contributed by atoms with Gasteiger partial charge in [-0.05, 0) is 32.6 Å². The molecule has 0 spiro atoms. The number of rotatable bonds is 3. The molecule has 1 saturated heterocycles. The van der Waals surface area contributed by atoms with E-state index in [2.05, 4.69) is 5.32 Å². The second-order valence-corrected chi connectivity index (χ2v) is 6.19. The van der Waals surface area contributed by atoms with Crippen molar-refractivity contribution in [1.29, 1.82) is 0 Å². The summed E-state index contributed by atoms with van der Waals surface area (Å²) in [7, 11) is 0. The molecule has 0 aromatic carbocycles. The van der Waals surface area contributed by atoms with Gasteiger partial charge in [-0.3, -0.25) is 4.79 Å². The normalized spacial score (nSPS) is 30.2. The number of hydrogen-bond acceptors (Lipinski definition) is 3. The number of hydrogen-bond donors (Lipinski definition) is 2. The van der Waals surface area contributed by atoms with Gasteiger partial charge in [-0.1, -0.05) is 25.7 Å². The summed E-state index contributed by atoms with van der Waals surface area (Å²) in [6, 6.07) is 0. The molecule has 2 aliphatic rings. The van der Waals surface area contributed by atoms with E-state index in [4.69, 9.17) is 4.74 Å². The summed E-state index contributed by atoms with van der Waals surface area (Å²) in [6.07, 6.45) is 6.40. The molecule has 2 N–H and O–H groups in total. The second-order valence-electron chi connectivity index (χ2n) is 6.19. The molecule has 5 nitrogen and oxygen atoms in total. The van der Waals surface area contributed by atoms with Crippen molar-refractivity contribution in [1.82, 2.24) is 5.32 Å². The van der Waals surface area contributed by atoms with E-state index in [1.165, 1.54) is 0 Å². The third-order valence-corrected chi connectivity index (χ3v) is 4.58. The number of carbonyl (C=O) groups excluding carboxylic acids is 1. The van der Waals surface area contributed by atoms with Crippen LogP contribution >= 0.6 is 0 Å². The Hall–Kier alpha value is -1.10. The lowest BCUT2D eigenvalue weighted by Gasteiger charge is -2.33. The van der Waals surface area contributed by atoms with Crippen LogP contribution in [-0.2, 0) is 14.3 Å². The molecule has 0 aromatic heterocycles. The lowest BCUT2D eigenvalue weighted by atomic mass is 9.88. The van der Waals surface area contributed by atoms with Crippen LogP contribution in [0.3, 0.4) is 0 Å². The molecule has 2 fully saturated rings. The summed E-state index contributed by atoms with van der Waals surface area (Å²) >= 11 is 0. The van der Waals surface area contributed by atoms with Gasteiger partial charge in [-0.15, -0.1) is 0 Å². The smallest absolute Gasteiger partial charge is 0.329 e. The number of carboxylic acid groups (broad SMARTS) is 1. The Morgan fingerprint density at radius 3 is 2.40 bits per heavy atom. The number of carbonyl (C=O) groups is 2. The standard InChI is InChI=1S/C15H25NO4/c1-11-10-12(6-9-20-11)13(17)16-15(14(18)19)7-4-2-3-5-8-15/h11-12H,2-10H2,1H3,(H,16,17)(H,18,19)/t11-,12-/m1/s1. The Kier molecular flexibility index (Phi) is 5.02. The summed E-state index contributed by atoms with van der Waals surface area (Å²) in [5.74, 6) is -1.10. The van der Waals surface area contributed by atoms with Crippen molar-refractivity contribution in [3.05, 3.63) is 0 Å². The topological polar surface area (TPSA) is 75.6 Å². The molecule has 0 radical (unpaired) electrons. The number of ether oxygens (including phenoxy) is 1. The Labute approximate surface area is 120 Å². The number of carboxylic acids is 1. The molecule has 0 unspecified atom stereocenters. The van der Waals surface area contributed by atoms with E-state index in [1.54, 1.807) is 0 Å². The van der Waals surface area contributed by atoms with E-state index < -0.39 is 11.5 Å². The highest BCUT2D eigenvalue weighted by Gasteiger charge is 2.41. The minimum atomic E-state index is -1.05. The van der Waals surface area contributed by atoms with Crippen LogP contribution in [-0.4, -0.2) is 35.2 Å². The number of amides is 1. The van der Waals surface area contributed by atoms with Crippen molar-refractivity contribution in [2.45, 2.75) is 69.9 Å². The van der Waals surface area contributed by atoms with Gasteiger partial charge < -0.3 is 15.2 Å². The lowest BCUT2D eigenvalue weighted by molar-refractivity contribution is -0.150. The summed E-state index contributed by atoms with van der Waals surface area (Å²) in [5, 5.41) is 12.4. The zero-order valence-electron chi connectivity index (χ0n) is 12.2. The first kappa shape index (κ1) is 15.3. The molecule has 1 saturated carbocycles. The van der Waals surface area contributed by atoms with E-state index >= 15 is 0 Å². The van der Waals surface area contributed by atoms with Gasteiger partial charge in [0.15, 0.2) is 0 Å². The summed E-state index contributed by atoms with van der Waals surface area (Å²) in [5.41, 5.74) is -1.05. The second kappa shape index (κ2) is 6.57. The summed E-state index contributed by atoms with van der Waals surface area (Å²) < 4.78 is 5.44. The molecule has 5 heteroatoms. The van der Waals surface area contributed by atoms with E-state index in [-0.39, 0.29) is 17.9 Å². The highest BCUT2D eigenvalue weighted by Crippen LogP contribution is 2.29. The number of aliphatic carboxylic acids is 1. The van der Waals surface area contributed by atoms with Crippen LogP contribution in [0.4, 0.5) is 0 Å². The van der Waals surface area contributed by atoms with Crippen LogP contribution in [0.5, 0.6) is 0 Å². The maximum atomic E-state index is 12.4. The van der Waals surface area contributed by atoms with Crippen molar-refractivity contribution in [3.8, 4) is 0 Å². The summed E-state index contributed by atoms with van der Waals surface area (Å²) in [6.45, 7) is 2.54. The first-order valence-corrected chi connectivity index (χ1v) is 7.70. The first-order valence-electron chi connectivity index (χ1n) is 7.70. The van der Waals surface area contributed by atoms with Crippen LogP contribution in [0.25, 0.3) is 0 Å². The van der Waals surface area contributed by atoms with Crippen LogP contribution in [0.1, 0.15) is 58.3 Å². The van der Waals surface area contributed by atoms with Gasteiger partial charge in [0, 0.05) is 12.5 Å². The van der Waals surface area contributed by atoms with Crippen molar-refractivity contribution in [2.75, 3.05) is 6.61 Å². The fraction of sp³-hybridized carbons (Fsp3) is 0.867. The van der Waals surface area contributed by atoms with Gasteiger partial charge in [0.1, 0.15) is 5.54 Å². The SMILES string of the molecule is C[C@@H]1C[C@H](C(=O)NC2(C(=O)O)CCCCCC2)CCO1. The average Bonchev–Trinajstić information content (AvgIpc) is 2.65. The van der Waals surface area contributed by atoms with Crippen LogP contribution < -0.4 is 5.32 Å². The van der Waals surface area contributed by atoms with Gasteiger partial charge in [0.25, 0.3) is 0 Å². The molecule has 2 rings (SSSR count).